The van der Waals surface area contributed by atoms with Crippen LogP contribution in [-0.4, -0.2) is 16.2 Å². The molecule has 0 fully saturated rings. The number of halogens is 1. The van der Waals surface area contributed by atoms with Gasteiger partial charge in [0.1, 0.15) is 0 Å². The van der Waals surface area contributed by atoms with Crippen molar-refractivity contribution in [2.45, 2.75) is 25.8 Å². The highest BCUT2D eigenvalue weighted by Gasteiger charge is 2.28. The second kappa shape index (κ2) is 5.81. The van der Waals surface area contributed by atoms with Crippen LogP contribution in [0.2, 0.25) is 0 Å². The van der Waals surface area contributed by atoms with E-state index in [-0.39, 0.29) is 0 Å². The van der Waals surface area contributed by atoms with Crippen LogP contribution in [0.3, 0.4) is 0 Å². The molecule has 0 bridgehead atoms. The lowest BCUT2D eigenvalue weighted by Crippen LogP contribution is -2.33. The highest BCUT2D eigenvalue weighted by atomic mass is 79.9. The van der Waals surface area contributed by atoms with Crippen molar-refractivity contribution in [3.05, 3.63) is 58.6 Å². The molecule has 1 aromatic heterocycles. The summed E-state index contributed by atoms with van der Waals surface area (Å²) in [5, 5.41) is 4.16. The highest BCUT2D eigenvalue weighted by Crippen LogP contribution is 2.36. The molecular formula is C18H16BrN3O. The summed E-state index contributed by atoms with van der Waals surface area (Å²) in [4.78, 5) is 6.77. The van der Waals surface area contributed by atoms with Crippen molar-refractivity contribution in [3.63, 3.8) is 0 Å². The summed E-state index contributed by atoms with van der Waals surface area (Å²) in [6.45, 7) is 2.19. The number of anilines is 2. The third-order valence-corrected chi connectivity index (χ3v) is 4.72. The fourth-order valence-electron chi connectivity index (χ4n) is 3.04. The van der Waals surface area contributed by atoms with Crippen molar-refractivity contribution in [2.24, 2.45) is 0 Å². The number of aromatic nitrogens is 2. The summed E-state index contributed by atoms with van der Waals surface area (Å²) in [5.74, 6) is 0.608. The van der Waals surface area contributed by atoms with Gasteiger partial charge in [-0.2, -0.15) is 4.98 Å². The van der Waals surface area contributed by atoms with Gasteiger partial charge in [-0.05, 0) is 43.5 Å². The molecule has 5 heteroatoms. The van der Waals surface area contributed by atoms with Gasteiger partial charge in [-0.15, -0.1) is 0 Å². The number of fused-ring (bicyclic) bond motifs is 1. The van der Waals surface area contributed by atoms with Gasteiger partial charge in [0.25, 0.3) is 0 Å². The van der Waals surface area contributed by atoms with E-state index in [0.29, 0.717) is 17.9 Å². The summed E-state index contributed by atoms with van der Waals surface area (Å²) in [7, 11) is 0. The number of para-hydroxylation sites is 1. The van der Waals surface area contributed by atoms with Crippen molar-refractivity contribution in [1.29, 1.82) is 0 Å². The lowest BCUT2D eigenvalue weighted by atomic mass is 9.97. The summed E-state index contributed by atoms with van der Waals surface area (Å²) in [6.07, 6.45) is 2.16. The Bertz CT molecular complexity index is 846. The van der Waals surface area contributed by atoms with Crippen LogP contribution in [0.1, 0.15) is 18.9 Å². The molecule has 4 rings (SSSR count). The molecule has 1 unspecified atom stereocenters. The highest BCUT2D eigenvalue weighted by molar-refractivity contribution is 9.10. The van der Waals surface area contributed by atoms with Crippen LogP contribution in [-0.2, 0) is 6.42 Å². The molecule has 1 aliphatic rings. The van der Waals surface area contributed by atoms with Gasteiger partial charge in [-0.3, -0.25) is 4.90 Å². The van der Waals surface area contributed by atoms with Gasteiger partial charge in [0, 0.05) is 21.8 Å². The SMILES string of the molecule is CC1CCc2ccccc2N1c1nc(-c2cccc(Br)c2)no1. The van der Waals surface area contributed by atoms with E-state index in [1.807, 2.05) is 24.3 Å². The van der Waals surface area contributed by atoms with Crippen LogP contribution in [0.15, 0.2) is 57.5 Å². The lowest BCUT2D eigenvalue weighted by Gasteiger charge is -2.33. The Morgan fingerprint density at radius 1 is 1.17 bits per heavy atom. The molecule has 1 atom stereocenters. The minimum atomic E-state index is 0.334. The molecule has 1 aliphatic heterocycles. The molecule has 0 spiro atoms. The van der Waals surface area contributed by atoms with Crippen molar-refractivity contribution in [1.82, 2.24) is 10.1 Å². The molecule has 4 nitrogen and oxygen atoms in total. The Morgan fingerprint density at radius 3 is 2.91 bits per heavy atom. The van der Waals surface area contributed by atoms with Gasteiger partial charge in [-0.1, -0.05) is 51.4 Å². The van der Waals surface area contributed by atoms with Crippen LogP contribution in [0.5, 0.6) is 0 Å². The van der Waals surface area contributed by atoms with Crippen LogP contribution in [0.4, 0.5) is 11.7 Å². The Balaban J connectivity index is 1.74. The maximum Gasteiger partial charge on any atom is 0.329 e. The quantitative estimate of drug-likeness (QED) is 0.639. The number of nitrogens with zero attached hydrogens (tertiary/aromatic N) is 3. The van der Waals surface area contributed by atoms with Crippen molar-refractivity contribution < 1.29 is 4.52 Å². The standard InChI is InChI=1S/C18H16BrN3O/c1-12-9-10-13-5-2-3-8-16(13)22(12)18-20-17(21-23-18)14-6-4-7-15(19)11-14/h2-8,11-12H,9-10H2,1H3. The number of hydrogen-bond acceptors (Lipinski definition) is 4. The van der Waals surface area contributed by atoms with Gasteiger partial charge in [0.05, 0.1) is 0 Å². The van der Waals surface area contributed by atoms with Gasteiger partial charge in [0.2, 0.25) is 5.82 Å². The Morgan fingerprint density at radius 2 is 2.04 bits per heavy atom. The Hall–Kier alpha value is -2.14. The third kappa shape index (κ3) is 2.65. The van der Waals surface area contributed by atoms with E-state index in [0.717, 1.165) is 28.6 Å². The molecule has 3 aromatic rings. The zero-order valence-electron chi connectivity index (χ0n) is 12.7. The molecule has 2 aromatic carbocycles. The molecule has 0 amide bonds. The first-order valence-corrected chi connectivity index (χ1v) is 8.48. The first-order valence-electron chi connectivity index (χ1n) is 7.69. The predicted octanol–water partition coefficient (Wildman–Crippen LogP) is 4.97. The molecule has 2 heterocycles. The Kier molecular flexibility index (Phi) is 3.65. The number of hydrogen-bond donors (Lipinski definition) is 0. The van der Waals surface area contributed by atoms with E-state index in [2.05, 4.69) is 62.2 Å². The van der Waals surface area contributed by atoms with E-state index in [9.17, 15) is 0 Å². The van der Waals surface area contributed by atoms with E-state index in [1.165, 1.54) is 5.56 Å². The van der Waals surface area contributed by atoms with Crippen molar-refractivity contribution in [2.75, 3.05) is 4.90 Å². The van der Waals surface area contributed by atoms with Crippen LogP contribution >= 0.6 is 15.9 Å². The second-order valence-corrected chi connectivity index (χ2v) is 6.71. The molecule has 0 radical (unpaired) electrons. The zero-order valence-corrected chi connectivity index (χ0v) is 14.3. The van der Waals surface area contributed by atoms with E-state index in [4.69, 9.17) is 4.52 Å². The lowest BCUT2D eigenvalue weighted by molar-refractivity contribution is 0.410. The van der Waals surface area contributed by atoms with Crippen molar-refractivity contribution >= 4 is 27.6 Å². The maximum absolute atomic E-state index is 5.58. The minimum absolute atomic E-state index is 0.334. The van der Waals surface area contributed by atoms with Gasteiger partial charge < -0.3 is 4.52 Å². The number of benzene rings is 2. The smallest absolute Gasteiger partial charge is 0.314 e. The predicted molar refractivity (Wildman–Crippen MR) is 93.8 cm³/mol. The molecule has 23 heavy (non-hydrogen) atoms. The topological polar surface area (TPSA) is 42.2 Å². The summed E-state index contributed by atoms with van der Waals surface area (Å²) >= 11 is 3.48. The Labute approximate surface area is 143 Å². The second-order valence-electron chi connectivity index (χ2n) is 5.80. The van der Waals surface area contributed by atoms with Crippen molar-refractivity contribution in [3.8, 4) is 11.4 Å². The van der Waals surface area contributed by atoms with E-state index < -0.39 is 0 Å². The fourth-order valence-corrected chi connectivity index (χ4v) is 3.44. The molecular weight excluding hydrogens is 354 g/mol. The molecule has 0 saturated carbocycles. The van der Waals surface area contributed by atoms with Gasteiger partial charge in [0.15, 0.2) is 0 Å². The van der Waals surface area contributed by atoms with Gasteiger partial charge in [-0.25, -0.2) is 0 Å². The minimum Gasteiger partial charge on any atom is -0.314 e. The largest absolute Gasteiger partial charge is 0.329 e. The fraction of sp³-hybridized carbons (Fsp3) is 0.222. The van der Waals surface area contributed by atoms with Crippen LogP contribution in [0, 0.1) is 0 Å². The number of rotatable bonds is 2. The molecule has 0 N–H and O–H groups in total. The van der Waals surface area contributed by atoms with Crippen LogP contribution < -0.4 is 4.90 Å². The first-order chi connectivity index (χ1) is 11.2. The third-order valence-electron chi connectivity index (χ3n) is 4.23. The number of aryl methyl sites for hydroxylation is 1. The summed E-state index contributed by atoms with van der Waals surface area (Å²) < 4.78 is 6.57. The zero-order chi connectivity index (χ0) is 15.8. The monoisotopic (exact) mass is 369 g/mol. The average molecular weight is 370 g/mol. The molecule has 0 saturated heterocycles. The average Bonchev–Trinajstić information content (AvgIpc) is 3.04. The summed E-state index contributed by atoms with van der Waals surface area (Å²) in [6, 6.07) is 17.2. The molecule has 116 valence electrons. The van der Waals surface area contributed by atoms with Crippen LogP contribution in [0.25, 0.3) is 11.4 Å². The molecule has 0 aliphatic carbocycles. The maximum atomic E-state index is 5.58. The first kappa shape index (κ1) is 14.5. The van der Waals surface area contributed by atoms with E-state index in [1.54, 1.807) is 0 Å². The normalized spacial score (nSPS) is 17.1. The summed E-state index contributed by atoms with van der Waals surface area (Å²) in [5.41, 5.74) is 3.43. The van der Waals surface area contributed by atoms with Gasteiger partial charge >= 0.3 is 6.01 Å². The van der Waals surface area contributed by atoms with E-state index >= 15 is 0 Å².